The fourth-order valence-corrected chi connectivity index (χ4v) is 2.90. The van der Waals surface area contributed by atoms with Crippen LogP contribution in [0.1, 0.15) is 19.4 Å². The highest BCUT2D eigenvalue weighted by Crippen LogP contribution is 2.23. The topological polar surface area (TPSA) is 56.8 Å². The van der Waals surface area contributed by atoms with Gasteiger partial charge >= 0.3 is 0 Å². The van der Waals surface area contributed by atoms with Crippen molar-refractivity contribution in [2.45, 2.75) is 32.9 Å². The Hall–Kier alpha value is -1.95. The zero-order valence-corrected chi connectivity index (χ0v) is 12.5. The first-order valence-electron chi connectivity index (χ1n) is 7.23. The van der Waals surface area contributed by atoms with Gasteiger partial charge < -0.3 is 10.2 Å². The molecule has 1 aromatic carbocycles. The second-order valence-electron chi connectivity index (χ2n) is 5.82. The number of benzene rings is 1. The Labute approximate surface area is 123 Å². The number of aryl methyl sites for hydroxylation is 1. The Bertz CT molecular complexity index is 629. The molecule has 2 heterocycles. The lowest BCUT2D eigenvalue weighted by Crippen LogP contribution is -2.54. The van der Waals surface area contributed by atoms with E-state index in [0.29, 0.717) is 23.9 Å². The monoisotopic (exact) mass is 289 g/mol. The van der Waals surface area contributed by atoms with Gasteiger partial charge in [0.15, 0.2) is 5.82 Å². The van der Waals surface area contributed by atoms with E-state index < -0.39 is 0 Å². The van der Waals surface area contributed by atoms with Crippen LogP contribution in [0.25, 0.3) is 11.4 Å². The maximum Gasteiger partial charge on any atom is 0.245 e. The molecule has 1 aromatic heterocycles. The van der Waals surface area contributed by atoms with Crippen molar-refractivity contribution in [1.29, 1.82) is 0 Å². The third-order valence-electron chi connectivity index (χ3n) is 3.76. The van der Waals surface area contributed by atoms with Gasteiger partial charge in [0.2, 0.25) is 5.95 Å². The molecule has 0 aliphatic carbocycles. The average Bonchev–Trinajstić information content (AvgIpc) is 2.87. The number of aromatic nitrogens is 3. The van der Waals surface area contributed by atoms with Crippen molar-refractivity contribution >= 4 is 5.95 Å². The van der Waals surface area contributed by atoms with E-state index in [4.69, 9.17) is 0 Å². The average molecular weight is 289 g/mol. The van der Waals surface area contributed by atoms with Crippen LogP contribution >= 0.6 is 0 Å². The fourth-order valence-electron chi connectivity index (χ4n) is 2.90. The number of nitrogens with one attached hydrogen (secondary N) is 2. The van der Waals surface area contributed by atoms with Crippen LogP contribution in [-0.2, 0) is 0 Å². The summed E-state index contributed by atoms with van der Waals surface area (Å²) in [6.45, 7) is 7.93. The highest BCUT2D eigenvalue weighted by atomic mass is 19.1. The lowest BCUT2D eigenvalue weighted by Gasteiger charge is -2.35. The molecule has 2 N–H and O–H groups in total. The Morgan fingerprint density at radius 3 is 2.62 bits per heavy atom. The van der Waals surface area contributed by atoms with E-state index in [0.717, 1.165) is 24.2 Å². The normalized spacial score (nSPS) is 22.6. The summed E-state index contributed by atoms with van der Waals surface area (Å²) in [6, 6.07) is 5.50. The molecule has 2 atom stereocenters. The molecule has 112 valence electrons. The lowest BCUT2D eigenvalue weighted by molar-refractivity contribution is 0.403. The summed E-state index contributed by atoms with van der Waals surface area (Å²) in [5.74, 6) is 1.15. The SMILES string of the molecule is Cc1cc(F)ccc1-c1nc(N2CC(C)NC(C)C2)n[nH]1. The van der Waals surface area contributed by atoms with E-state index in [9.17, 15) is 4.39 Å². The van der Waals surface area contributed by atoms with Gasteiger partial charge in [-0.15, -0.1) is 5.10 Å². The molecule has 21 heavy (non-hydrogen) atoms. The predicted octanol–water partition coefficient (Wildman–Crippen LogP) is 2.11. The number of halogens is 1. The quantitative estimate of drug-likeness (QED) is 0.889. The van der Waals surface area contributed by atoms with Gasteiger partial charge in [-0.2, -0.15) is 4.98 Å². The number of H-pyrrole nitrogens is 1. The van der Waals surface area contributed by atoms with Gasteiger partial charge in [0.1, 0.15) is 5.82 Å². The summed E-state index contributed by atoms with van der Waals surface area (Å²) < 4.78 is 13.2. The molecule has 1 aliphatic heterocycles. The molecule has 2 aromatic rings. The van der Waals surface area contributed by atoms with Crippen molar-refractivity contribution < 1.29 is 4.39 Å². The van der Waals surface area contributed by atoms with E-state index in [1.807, 2.05) is 6.92 Å². The van der Waals surface area contributed by atoms with Crippen molar-refractivity contribution in [2.75, 3.05) is 18.0 Å². The first-order valence-corrected chi connectivity index (χ1v) is 7.23. The molecule has 6 heteroatoms. The van der Waals surface area contributed by atoms with Crippen molar-refractivity contribution in [1.82, 2.24) is 20.5 Å². The molecule has 0 spiro atoms. The van der Waals surface area contributed by atoms with E-state index >= 15 is 0 Å². The number of anilines is 1. The third kappa shape index (κ3) is 2.90. The number of rotatable bonds is 2. The molecule has 0 radical (unpaired) electrons. The molecule has 2 unspecified atom stereocenters. The Morgan fingerprint density at radius 1 is 1.24 bits per heavy atom. The molecule has 0 bridgehead atoms. The van der Waals surface area contributed by atoms with Crippen LogP contribution in [0, 0.1) is 12.7 Å². The van der Waals surface area contributed by atoms with Gasteiger partial charge in [0.25, 0.3) is 0 Å². The summed E-state index contributed by atoms with van der Waals surface area (Å²) >= 11 is 0. The first kappa shape index (κ1) is 14.0. The number of hydrogen-bond acceptors (Lipinski definition) is 4. The van der Waals surface area contributed by atoms with Gasteiger partial charge in [0, 0.05) is 30.7 Å². The summed E-state index contributed by atoms with van der Waals surface area (Å²) in [4.78, 5) is 6.74. The van der Waals surface area contributed by atoms with Gasteiger partial charge in [-0.1, -0.05) is 0 Å². The fraction of sp³-hybridized carbons (Fsp3) is 0.467. The number of piperazine rings is 1. The zero-order valence-electron chi connectivity index (χ0n) is 12.5. The molecule has 0 saturated carbocycles. The molecule has 0 amide bonds. The van der Waals surface area contributed by atoms with Gasteiger partial charge in [-0.25, -0.2) is 4.39 Å². The minimum atomic E-state index is -0.235. The smallest absolute Gasteiger partial charge is 0.245 e. The largest absolute Gasteiger partial charge is 0.336 e. The maximum atomic E-state index is 13.2. The number of aromatic amines is 1. The Morgan fingerprint density at radius 2 is 1.95 bits per heavy atom. The Balaban J connectivity index is 1.86. The van der Waals surface area contributed by atoms with Crippen LogP contribution in [0.3, 0.4) is 0 Å². The number of nitrogens with zero attached hydrogens (tertiary/aromatic N) is 3. The molecular formula is C15H20FN5. The maximum absolute atomic E-state index is 13.2. The van der Waals surface area contributed by atoms with Gasteiger partial charge in [0.05, 0.1) is 0 Å². The van der Waals surface area contributed by atoms with Crippen molar-refractivity contribution in [3.63, 3.8) is 0 Å². The van der Waals surface area contributed by atoms with Crippen LogP contribution < -0.4 is 10.2 Å². The second-order valence-corrected chi connectivity index (χ2v) is 5.82. The van der Waals surface area contributed by atoms with Crippen LogP contribution in [0.2, 0.25) is 0 Å². The van der Waals surface area contributed by atoms with E-state index in [1.54, 1.807) is 6.07 Å². The predicted molar refractivity (Wildman–Crippen MR) is 80.8 cm³/mol. The molecule has 5 nitrogen and oxygen atoms in total. The van der Waals surface area contributed by atoms with Crippen LogP contribution in [0.5, 0.6) is 0 Å². The molecule has 1 saturated heterocycles. The minimum absolute atomic E-state index is 0.235. The van der Waals surface area contributed by atoms with Crippen LogP contribution in [0.4, 0.5) is 10.3 Å². The standard InChI is InChI=1S/C15H20FN5/c1-9-6-12(16)4-5-13(9)14-18-15(20-19-14)21-7-10(2)17-11(3)8-21/h4-6,10-11,17H,7-8H2,1-3H3,(H,18,19,20). The summed E-state index contributed by atoms with van der Waals surface area (Å²) in [7, 11) is 0. The van der Waals surface area contributed by atoms with Gasteiger partial charge in [-0.3, -0.25) is 5.10 Å². The third-order valence-corrected chi connectivity index (χ3v) is 3.76. The van der Waals surface area contributed by atoms with Crippen molar-refractivity contribution in [2.24, 2.45) is 0 Å². The van der Waals surface area contributed by atoms with Crippen LogP contribution in [0.15, 0.2) is 18.2 Å². The highest BCUT2D eigenvalue weighted by Gasteiger charge is 2.24. The van der Waals surface area contributed by atoms with Crippen molar-refractivity contribution in [3.8, 4) is 11.4 Å². The van der Waals surface area contributed by atoms with Crippen molar-refractivity contribution in [3.05, 3.63) is 29.6 Å². The van der Waals surface area contributed by atoms with E-state index in [-0.39, 0.29) is 5.82 Å². The molecular weight excluding hydrogens is 269 g/mol. The number of hydrogen-bond donors (Lipinski definition) is 2. The summed E-state index contributed by atoms with van der Waals surface area (Å²) in [5, 5.41) is 10.8. The molecule has 1 fully saturated rings. The molecule has 3 rings (SSSR count). The van der Waals surface area contributed by atoms with Gasteiger partial charge in [-0.05, 0) is 44.5 Å². The zero-order chi connectivity index (χ0) is 15.0. The summed E-state index contributed by atoms with van der Waals surface area (Å²) in [5.41, 5.74) is 1.73. The minimum Gasteiger partial charge on any atom is -0.336 e. The second kappa shape index (κ2) is 5.44. The van der Waals surface area contributed by atoms with E-state index in [2.05, 4.69) is 39.2 Å². The summed E-state index contributed by atoms with van der Waals surface area (Å²) in [6.07, 6.45) is 0. The van der Waals surface area contributed by atoms with Crippen LogP contribution in [-0.4, -0.2) is 40.4 Å². The lowest BCUT2D eigenvalue weighted by atomic mass is 10.1. The molecule has 1 aliphatic rings. The highest BCUT2D eigenvalue weighted by molar-refractivity contribution is 5.60. The Kier molecular flexibility index (Phi) is 3.63. The van der Waals surface area contributed by atoms with E-state index in [1.165, 1.54) is 12.1 Å². The first-order chi connectivity index (χ1) is 10.0.